The summed E-state index contributed by atoms with van der Waals surface area (Å²) < 4.78 is 7.34. The Labute approximate surface area is 124 Å². The quantitative estimate of drug-likeness (QED) is 0.866. The zero-order valence-corrected chi connectivity index (χ0v) is 12.0. The van der Waals surface area contributed by atoms with Crippen LogP contribution in [-0.2, 0) is 6.54 Å². The summed E-state index contributed by atoms with van der Waals surface area (Å²) >= 11 is 0. The van der Waals surface area contributed by atoms with Crippen LogP contribution in [-0.4, -0.2) is 17.7 Å². The van der Waals surface area contributed by atoms with E-state index in [0.29, 0.717) is 19.7 Å². The van der Waals surface area contributed by atoms with Gasteiger partial charge in [-0.15, -0.1) is 0 Å². The Hall–Kier alpha value is -2.51. The highest BCUT2D eigenvalue weighted by molar-refractivity contribution is 5.43. The summed E-state index contributed by atoms with van der Waals surface area (Å²) in [6, 6.07) is 10.9. The van der Waals surface area contributed by atoms with Gasteiger partial charge in [0.25, 0.3) is 5.56 Å². The standard InChI is InChI=1S/C17H18N2O2/c1-14-13-15(5-4-9-18)7-8-16(14)21-12-11-19-10-3-2-6-17(19)20/h2-3,6-8,10,13H,9,11-12,18H2,1H3. The van der Waals surface area contributed by atoms with E-state index < -0.39 is 0 Å². The summed E-state index contributed by atoms with van der Waals surface area (Å²) in [5, 5.41) is 0. The van der Waals surface area contributed by atoms with Crippen LogP contribution in [0.4, 0.5) is 0 Å². The van der Waals surface area contributed by atoms with E-state index in [1.54, 1.807) is 16.8 Å². The maximum atomic E-state index is 11.6. The van der Waals surface area contributed by atoms with Crippen molar-refractivity contribution in [3.8, 4) is 17.6 Å². The van der Waals surface area contributed by atoms with Gasteiger partial charge in [0.2, 0.25) is 0 Å². The van der Waals surface area contributed by atoms with E-state index in [2.05, 4.69) is 11.8 Å². The Bertz CT molecular complexity index is 723. The number of hydrogen-bond acceptors (Lipinski definition) is 3. The van der Waals surface area contributed by atoms with E-state index in [1.165, 1.54) is 6.07 Å². The molecule has 1 aromatic carbocycles. The second-order valence-electron chi connectivity index (χ2n) is 4.57. The molecule has 2 rings (SSSR count). The van der Waals surface area contributed by atoms with Gasteiger partial charge in [0.15, 0.2) is 0 Å². The lowest BCUT2D eigenvalue weighted by Crippen LogP contribution is -2.21. The molecule has 4 nitrogen and oxygen atoms in total. The highest BCUT2D eigenvalue weighted by Crippen LogP contribution is 2.18. The number of nitrogens with zero attached hydrogens (tertiary/aromatic N) is 1. The SMILES string of the molecule is Cc1cc(C#CCN)ccc1OCCn1ccccc1=O. The second-order valence-corrected chi connectivity index (χ2v) is 4.57. The lowest BCUT2D eigenvalue weighted by molar-refractivity contribution is 0.294. The molecule has 0 unspecified atom stereocenters. The minimum Gasteiger partial charge on any atom is -0.491 e. The van der Waals surface area contributed by atoms with E-state index in [-0.39, 0.29) is 5.56 Å². The molecule has 0 saturated heterocycles. The predicted molar refractivity (Wildman–Crippen MR) is 83.3 cm³/mol. The fourth-order valence-electron chi connectivity index (χ4n) is 1.94. The Morgan fingerprint density at radius 1 is 1.29 bits per heavy atom. The van der Waals surface area contributed by atoms with Crippen LogP contribution in [0.3, 0.4) is 0 Å². The van der Waals surface area contributed by atoms with Crippen LogP contribution in [0, 0.1) is 18.8 Å². The molecule has 2 N–H and O–H groups in total. The number of aromatic nitrogens is 1. The molecule has 108 valence electrons. The van der Waals surface area contributed by atoms with Gasteiger partial charge >= 0.3 is 0 Å². The van der Waals surface area contributed by atoms with Crippen molar-refractivity contribution < 1.29 is 4.74 Å². The average molecular weight is 282 g/mol. The fourth-order valence-corrected chi connectivity index (χ4v) is 1.94. The minimum absolute atomic E-state index is 0.0229. The summed E-state index contributed by atoms with van der Waals surface area (Å²) in [5.41, 5.74) is 7.26. The molecule has 0 atom stereocenters. The summed E-state index contributed by atoms with van der Waals surface area (Å²) in [6.45, 7) is 3.28. The second kappa shape index (κ2) is 7.32. The highest BCUT2D eigenvalue weighted by atomic mass is 16.5. The van der Waals surface area contributed by atoms with Gasteiger partial charge < -0.3 is 15.0 Å². The van der Waals surface area contributed by atoms with Crippen molar-refractivity contribution in [3.63, 3.8) is 0 Å². The predicted octanol–water partition coefficient (Wildman–Crippen LogP) is 1.55. The number of rotatable bonds is 4. The van der Waals surface area contributed by atoms with Gasteiger partial charge in [-0.05, 0) is 36.8 Å². The molecule has 0 bridgehead atoms. The molecule has 0 saturated carbocycles. The Morgan fingerprint density at radius 2 is 2.14 bits per heavy atom. The summed E-state index contributed by atoms with van der Waals surface area (Å²) in [5.74, 6) is 6.61. The van der Waals surface area contributed by atoms with Gasteiger partial charge in [-0.25, -0.2) is 0 Å². The molecule has 0 aliphatic rings. The van der Waals surface area contributed by atoms with Crippen LogP contribution in [0.5, 0.6) is 5.75 Å². The molecule has 0 spiro atoms. The normalized spacial score (nSPS) is 9.81. The monoisotopic (exact) mass is 282 g/mol. The molecule has 0 fully saturated rings. The Morgan fingerprint density at radius 3 is 2.86 bits per heavy atom. The molecule has 0 amide bonds. The van der Waals surface area contributed by atoms with Crippen LogP contribution in [0.1, 0.15) is 11.1 Å². The van der Waals surface area contributed by atoms with Crippen LogP contribution >= 0.6 is 0 Å². The van der Waals surface area contributed by atoms with Gasteiger partial charge in [-0.3, -0.25) is 4.79 Å². The number of hydrogen-bond donors (Lipinski definition) is 1. The van der Waals surface area contributed by atoms with E-state index in [9.17, 15) is 4.79 Å². The van der Waals surface area contributed by atoms with Crippen LogP contribution in [0.25, 0.3) is 0 Å². The maximum Gasteiger partial charge on any atom is 0.250 e. The fraction of sp³-hybridized carbons (Fsp3) is 0.235. The van der Waals surface area contributed by atoms with Gasteiger partial charge in [-0.2, -0.15) is 0 Å². The van der Waals surface area contributed by atoms with Crippen molar-refractivity contribution in [2.24, 2.45) is 5.73 Å². The molecule has 1 heterocycles. The third kappa shape index (κ3) is 4.23. The van der Waals surface area contributed by atoms with Gasteiger partial charge in [0, 0.05) is 17.8 Å². The smallest absolute Gasteiger partial charge is 0.250 e. The molecular weight excluding hydrogens is 264 g/mol. The molecular formula is C17H18N2O2. The maximum absolute atomic E-state index is 11.6. The summed E-state index contributed by atoms with van der Waals surface area (Å²) in [6.07, 6.45) is 1.75. The lowest BCUT2D eigenvalue weighted by atomic mass is 10.1. The van der Waals surface area contributed by atoms with Gasteiger partial charge in [0.05, 0.1) is 13.1 Å². The summed E-state index contributed by atoms with van der Waals surface area (Å²) in [7, 11) is 0. The minimum atomic E-state index is -0.0229. The van der Waals surface area contributed by atoms with Crippen LogP contribution in [0.15, 0.2) is 47.4 Å². The first-order valence-electron chi connectivity index (χ1n) is 6.78. The van der Waals surface area contributed by atoms with Crippen LogP contribution < -0.4 is 16.0 Å². The number of pyridine rings is 1. The van der Waals surface area contributed by atoms with Crippen molar-refractivity contribution >= 4 is 0 Å². The topological polar surface area (TPSA) is 57.2 Å². The molecule has 0 aliphatic carbocycles. The largest absolute Gasteiger partial charge is 0.491 e. The zero-order chi connectivity index (χ0) is 15.1. The van der Waals surface area contributed by atoms with E-state index >= 15 is 0 Å². The first kappa shape index (κ1) is 14.9. The average Bonchev–Trinajstić information content (AvgIpc) is 2.49. The van der Waals surface area contributed by atoms with E-state index in [0.717, 1.165) is 16.9 Å². The van der Waals surface area contributed by atoms with Crippen molar-refractivity contribution in [1.82, 2.24) is 4.57 Å². The van der Waals surface area contributed by atoms with Crippen molar-refractivity contribution in [2.45, 2.75) is 13.5 Å². The number of benzene rings is 1. The number of nitrogens with two attached hydrogens (primary N) is 1. The third-order valence-electron chi connectivity index (χ3n) is 3.00. The molecule has 0 radical (unpaired) electrons. The van der Waals surface area contributed by atoms with Crippen molar-refractivity contribution in [1.29, 1.82) is 0 Å². The number of ether oxygens (including phenoxy) is 1. The van der Waals surface area contributed by atoms with Gasteiger partial charge in [-0.1, -0.05) is 17.9 Å². The van der Waals surface area contributed by atoms with Crippen molar-refractivity contribution in [3.05, 3.63) is 64.1 Å². The van der Waals surface area contributed by atoms with Gasteiger partial charge in [0.1, 0.15) is 12.4 Å². The zero-order valence-electron chi connectivity index (χ0n) is 12.0. The Balaban J connectivity index is 1.98. The molecule has 1 aromatic heterocycles. The highest BCUT2D eigenvalue weighted by Gasteiger charge is 2.01. The third-order valence-corrected chi connectivity index (χ3v) is 3.00. The van der Waals surface area contributed by atoms with E-state index in [1.807, 2.05) is 31.2 Å². The van der Waals surface area contributed by atoms with Crippen LogP contribution in [0.2, 0.25) is 0 Å². The molecule has 4 heteroatoms. The first-order chi connectivity index (χ1) is 10.2. The first-order valence-corrected chi connectivity index (χ1v) is 6.78. The lowest BCUT2D eigenvalue weighted by Gasteiger charge is -2.10. The van der Waals surface area contributed by atoms with E-state index in [4.69, 9.17) is 10.5 Å². The molecule has 21 heavy (non-hydrogen) atoms. The Kier molecular flexibility index (Phi) is 5.19. The van der Waals surface area contributed by atoms with Crippen molar-refractivity contribution in [2.75, 3.05) is 13.2 Å². The summed E-state index contributed by atoms with van der Waals surface area (Å²) in [4.78, 5) is 11.6. The number of aryl methyl sites for hydroxylation is 1. The molecule has 2 aromatic rings. The molecule has 0 aliphatic heterocycles.